The van der Waals surface area contributed by atoms with Crippen molar-refractivity contribution in [1.82, 2.24) is 5.32 Å². The predicted molar refractivity (Wildman–Crippen MR) is 88.5 cm³/mol. The molecule has 0 aromatic heterocycles. The van der Waals surface area contributed by atoms with Crippen LogP contribution in [0.15, 0.2) is 24.3 Å². The molecule has 2 nitrogen and oxygen atoms in total. The quantitative estimate of drug-likeness (QED) is 0.771. The first-order valence-electron chi connectivity index (χ1n) is 8.10. The van der Waals surface area contributed by atoms with Crippen molar-refractivity contribution in [3.63, 3.8) is 0 Å². The van der Waals surface area contributed by atoms with Gasteiger partial charge in [-0.3, -0.25) is 0 Å². The smallest absolute Gasteiger partial charge is 0.0366 e. The van der Waals surface area contributed by atoms with Gasteiger partial charge in [0.2, 0.25) is 0 Å². The first-order chi connectivity index (χ1) is 9.58. The summed E-state index contributed by atoms with van der Waals surface area (Å²) in [6.45, 7) is 9.12. The SMILES string of the molecule is CCC(CC)(CNC1CC1)CN(C)c1cccc(C)c1. The Morgan fingerprint density at radius 3 is 2.50 bits per heavy atom. The van der Waals surface area contributed by atoms with E-state index in [1.54, 1.807) is 0 Å². The van der Waals surface area contributed by atoms with Gasteiger partial charge in [-0.1, -0.05) is 26.0 Å². The van der Waals surface area contributed by atoms with Crippen LogP contribution in [0.3, 0.4) is 0 Å². The van der Waals surface area contributed by atoms with E-state index in [1.807, 2.05) is 0 Å². The van der Waals surface area contributed by atoms with E-state index in [-0.39, 0.29) is 0 Å². The van der Waals surface area contributed by atoms with E-state index in [1.165, 1.54) is 36.9 Å². The highest BCUT2D eigenvalue weighted by atomic mass is 15.1. The van der Waals surface area contributed by atoms with Crippen LogP contribution in [-0.4, -0.2) is 26.2 Å². The zero-order chi connectivity index (χ0) is 14.6. The van der Waals surface area contributed by atoms with Crippen LogP contribution in [0.1, 0.15) is 45.1 Å². The monoisotopic (exact) mass is 274 g/mol. The summed E-state index contributed by atoms with van der Waals surface area (Å²) in [6, 6.07) is 9.63. The topological polar surface area (TPSA) is 15.3 Å². The van der Waals surface area contributed by atoms with Crippen molar-refractivity contribution in [3.05, 3.63) is 29.8 Å². The maximum atomic E-state index is 3.74. The van der Waals surface area contributed by atoms with Gasteiger partial charge in [-0.25, -0.2) is 0 Å². The summed E-state index contributed by atoms with van der Waals surface area (Å²) in [4.78, 5) is 2.43. The molecule has 2 rings (SSSR count). The van der Waals surface area contributed by atoms with E-state index < -0.39 is 0 Å². The van der Waals surface area contributed by atoms with Crippen molar-refractivity contribution in [2.75, 3.05) is 25.0 Å². The molecule has 1 N–H and O–H groups in total. The Morgan fingerprint density at radius 1 is 1.25 bits per heavy atom. The highest BCUT2D eigenvalue weighted by Crippen LogP contribution is 2.30. The average molecular weight is 274 g/mol. The van der Waals surface area contributed by atoms with Crippen LogP contribution in [-0.2, 0) is 0 Å². The Labute approximate surface area is 124 Å². The van der Waals surface area contributed by atoms with Gasteiger partial charge >= 0.3 is 0 Å². The summed E-state index contributed by atoms with van der Waals surface area (Å²) in [6.07, 6.45) is 5.22. The van der Waals surface area contributed by atoms with E-state index in [4.69, 9.17) is 0 Å². The third-order valence-corrected chi connectivity index (χ3v) is 4.86. The molecule has 112 valence electrons. The zero-order valence-corrected chi connectivity index (χ0v) is 13.6. The summed E-state index contributed by atoms with van der Waals surface area (Å²) >= 11 is 0. The fourth-order valence-corrected chi connectivity index (χ4v) is 2.89. The van der Waals surface area contributed by atoms with Crippen molar-refractivity contribution in [2.24, 2.45) is 5.41 Å². The lowest BCUT2D eigenvalue weighted by Crippen LogP contribution is -2.43. The standard InChI is InChI=1S/C18H30N2/c1-5-18(6-2,13-19-16-10-11-16)14-20(4)17-9-7-8-15(3)12-17/h7-9,12,16,19H,5-6,10-11,13-14H2,1-4H3. The van der Waals surface area contributed by atoms with Gasteiger partial charge in [-0.15, -0.1) is 0 Å². The van der Waals surface area contributed by atoms with Crippen LogP contribution in [0, 0.1) is 12.3 Å². The van der Waals surface area contributed by atoms with Gasteiger partial charge in [0.1, 0.15) is 0 Å². The number of anilines is 1. The lowest BCUT2D eigenvalue weighted by Gasteiger charge is -2.37. The van der Waals surface area contributed by atoms with Crippen molar-refractivity contribution < 1.29 is 0 Å². The third kappa shape index (κ3) is 3.99. The maximum absolute atomic E-state index is 3.74. The first-order valence-corrected chi connectivity index (χ1v) is 8.10. The molecule has 0 atom stereocenters. The van der Waals surface area contributed by atoms with Gasteiger partial charge in [0.05, 0.1) is 0 Å². The molecule has 0 radical (unpaired) electrons. The van der Waals surface area contributed by atoms with Crippen LogP contribution in [0.25, 0.3) is 0 Å². The largest absolute Gasteiger partial charge is 0.374 e. The molecule has 1 fully saturated rings. The molecule has 0 bridgehead atoms. The average Bonchev–Trinajstić information content (AvgIpc) is 3.27. The molecule has 1 aliphatic rings. The minimum Gasteiger partial charge on any atom is -0.374 e. The van der Waals surface area contributed by atoms with Gasteiger partial charge in [0, 0.05) is 31.9 Å². The molecule has 1 saturated carbocycles. The van der Waals surface area contributed by atoms with Gasteiger partial charge in [-0.2, -0.15) is 0 Å². The maximum Gasteiger partial charge on any atom is 0.0366 e. The van der Waals surface area contributed by atoms with Crippen LogP contribution in [0.2, 0.25) is 0 Å². The normalized spacial score (nSPS) is 15.4. The van der Waals surface area contributed by atoms with Crippen molar-refractivity contribution >= 4 is 5.69 Å². The van der Waals surface area contributed by atoms with Crippen LogP contribution in [0.4, 0.5) is 5.69 Å². The minimum atomic E-state index is 0.390. The number of nitrogens with one attached hydrogen (secondary N) is 1. The predicted octanol–water partition coefficient (Wildman–Crippen LogP) is 3.99. The molecule has 1 aliphatic carbocycles. The van der Waals surface area contributed by atoms with Crippen molar-refractivity contribution in [2.45, 2.75) is 52.5 Å². The van der Waals surface area contributed by atoms with Crippen LogP contribution in [0.5, 0.6) is 0 Å². The lowest BCUT2D eigenvalue weighted by molar-refractivity contribution is 0.254. The number of nitrogens with zero attached hydrogens (tertiary/aromatic N) is 1. The van der Waals surface area contributed by atoms with E-state index in [0.29, 0.717) is 5.41 Å². The molecule has 0 unspecified atom stereocenters. The van der Waals surface area contributed by atoms with Crippen LogP contribution < -0.4 is 10.2 Å². The minimum absolute atomic E-state index is 0.390. The van der Waals surface area contributed by atoms with Gasteiger partial charge in [-0.05, 0) is 55.7 Å². The molecular weight excluding hydrogens is 244 g/mol. The van der Waals surface area contributed by atoms with E-state index in [9.17, 15) is 0 Å². The Bertz CT molecular complexity index is 419. The summed E-state index contributed by atoms with van der Waals surface area (Å²) in [7, 11) is 2.23. The van der Waals surface area contributed by atoms with Crippen molar-refractivity contribution in [1.29, 1.82) is 0 Å². The molecule has 20 heavy (non-hydrogen) atoms. The molecule has 1 aromatic rings. The van der Waals surface area contributed by atoms with Crippen molar-refractivity contribution in [3.8, 4) is 0 Å². The number of hydrogen-bond acceptors (Lipinski definition) is 2. The Morgan fingerprint density at radius 2 is 1.95 bits per heavy atom. The number of benzene rings is 1. The van der Waals surface area contributed by atoms with Gasteiger partial charge in [0.15, 0.2) is 0 Å². The molecule has 0 amide bonds. The molecule has 0 saturated heterocycles. The number of hydrogen-bond donors (Lipinski definition) is 1. The molecule has 0 heterocycles. The number of aryl methyl sites for hydroxylation is 1. The second kappa shape index (κ2) is 6.62. The fourth-order valence-electron chi connectivity index (χ4n) is 2.89. The summed E-state index contributed by atoms with van der Waals surface area (Å²) in [5.41, 5.74) is 3.06. The zero-order valence-electron chi connectivity index (χ0n) is 13.6. The Hall–Kier alpha value is -1.02. The number of rotatable bonds is 8. The van der Waals surface area contributed by atoms with Gasteiger partial charge in [0.25, 0.3) is 0 Å². The molecule has 1 aromatic carbocycles. The lowest BCUT2D eigenvalue weighted by atomic mass is 9.81. The van der Waals surface area contributed by atoms with Gasteiger partial charge < -0.3 is 10.2 Å². The third-order valence-electron chi connectivity index (χ3n) is 4.86. The fraction of sp³-hybridized carbons (Fsp3) is 0.667. The Kier molecular flexibility index (Phi) is 5.09. The highest BCUT2D eigenvalue weighted by Gasteiger charge is 2.31. The summed E-state index contributed by atoms with van der Waals surface area (Å²) in [5, 5.41) is 3.74. The first kappa shape index (κ1) is 15.4. The second-order valence-corrected chi connectivity index (χ2v) is 6.56. The van der Waals surface area contributed by atoms with E-state index in [2.05, 4.69) is 62.3 Å². The summed E-state index contributed by atoms with van der Waals surface area (Å²) < 4.78 is 0. The summed E-state index contributed by atoms with van der Waals surface area (Å²) in [5.74, 6) is 0. The molecule has 0 spiro atoms. The molecular formula is C18H30N2. The van der Waals surface area contributed by atoms with E-state index in [0.717, 1.165) is 19.1 Å². The van der Waals surface area contributed by atoms with Crippen LogP contribution >= 0.6 is 0 Å². The molecule has 2 heteroatoms. The Balaban J connectivity index is 2.01. The van der Waals surface area contributed by atoms with E-state index >= 15 is 0 Å². The highest BCUT2D eigenvalue weighted by molar-refractivity contribution is 5.47. The molecule has 0 aliphatic heterocycles. The second-order valence-electron chi connectivity index (χ2n) is 6.56.